The molecule has 0 saturated heterocycles. The molecule has 1 N–H and O–H groups in total. The number of aromatic amines is 1. The van der Waals surface area contributed by atoms with Crippen LogP contribution in [-0.4, -0.2) is 42.8 Å². The normalized spacial score (nSPS) is 12.2. The Bertz CT molecular complexity index is 1170. The van der Waals surface area contributed by atoms with Crippen LogP contribution in [-0.2, 0) is 14.3 Å². The Balaban J connectivity index is 2.14. The maximum absolute atomic E-state index is 13.3. The van der Waals surface area contributed by atoms with Crippen molar-refractivity contribution in [3.63, 3.8) is 0 Å². The average molecular weight is 480 g/mol. The average Bonchev–Trinajstić information content (AvgIpc) is 3.31. The molecule has 0 fully saturated rings. The van der Waals surface area contributed by atoms with Gasteiger partial charge >= 0.3 is 11.9 Å². The molecule has 3 rings (SSSR count). The molecule has 0 amide bonds. The topological polar surface area (TPSA) is 86.9 Å². The van der Waals surface area contributed by atoms with Gasteiger partial charge in [-0.2, -0.15) is 0 Å². The third-order valence-corrected chi connectivity index (χ3v) is 5.20. The summed E-state index contributed by atoms with van der Waals surface area (Å²) in [4.78, 5) is 28.9. The number of aromatic nitrogens is 1. The molecule has 0 saturated carbocycles. The number of hydrogen-bond acceptors (Lipinski definition) is 6. The molecular weight excluding hydrogens is 446 g/mol. The third-order valence-electron chi connectivity index (χ3n) is 5.20. The highest BCUT2D eigenvalue weighted by molar-refractivity contribution is 5.94. The zero-order valence-corrected chi connectivity index (χ0v) is 21.3. The Morgan fingerprint density at radius 1 is 0.914 bits per heavy atom. The summed E-state index contributed by atoms with van der Waals surface area (Å²) in [6.45, 7) is 9.28. The zero-order valence-electron chi connectivity index (χ0n) is 21.3. The van der Waals surface area contributed by atoms with Crippen molar-refractivity contribution in [3.05, 3.63) is 71.5 Å². The second-order valence-electron chi connectivity index (χ2n) is 9.42. The molecule has 0 aliphatic heterocycles. The summed E-state index contributed by atoms with van der Waals surface area (Å²) in [6, 6.07) is 14.6. The fourth-order valence-electron chi connectivity index (χ4n) is 3.78. The lowest BCUT2D eigenvalue weighted by atomic mass is 9.91. The molecule has 1 heterocycles. The Kier molecular flexibility index (Phi) is 7.89. The summed E-state index contributed by atoms with van der Waals surface area (Å²) >= 11 is 0. The molecule has 3 aromatic rings. The van der Waals surface area contributed by atoms with Gasteiger partial charge in [-0.05, 0) is 82.1 Å². The van der Waals surface area contributed by atoms with Crippen molar-refractivity contribution in [1.29, 1.82) is 0 Å². The van der Waals surface area contributed by atoms with E-state index >= 15 is 0 Å². The minimum Gasteiger partial charge on any atom is -0.496 e. The number of esters is 2. The van der Waals surface area contributed by atoms with Crippen LogP contribution < -0.4 is 9.47 Å². The molecule has 1 atom stereocenters. The van der Waals surface area contributed by atoms with E-state index in [0.29, 0.717) is 28.3 Å². The van der Waals surface area contributed by atoms with Crippen molar-refractivity contribution in [1.82, 2.24) is 4.98 Å². The molecule has 0 spiro atoms. The number of carbonyl (C=O) groups is 2. The predicted molar refractivity (Wildman–Crippen MR) is 134 cm³/mol. The van der Waals surface area contributed by atoms with Crippen LogP contribution in [0.2, 0.25) is 0 Å². The smallest absolute Gasteiger partial charge is 0.341 e. The highest BCUT2D eigenvalue weighted by Crippen LogP contribution is 2.37. The number of benzene rings is 2. The molecule has 186 valence electrons. The Morgan fingerprint density at radius 2 is 1.57 bits per heavy atom. The van der Waals surface area contributed by atoms with E-state index in [1.54, 1.807) is 31.5 Å². The van der Waals surface area contributed by atoms with Gasteiger partial charge in [0.25, 0.3) is 0 Å². The van der Waals surface area contributed by atoms with Crippen LogP contribution in [0.4, 0.5) is 0 Å². The van der Waals surface area contributed by atoms with E-state index in [1.165, 1.54) is 7.11 Å². The van der Waals surface area contributed by atoms with Crippen molar-refractivity contribution in [2.24, 2.45) is 0 Å². The summed E-state index contributed by atoms with van der Waals surface area (Å²) in [5, 5.41) is 0. The molecule has 1 unspecified atom stereocenters. The maximum Gasteiger partial charge on any atom is 0.341 e. The van der Waals surface area contributed by atoms with E-state index in [9.17, 15) is 9.59 Å². The van der Waals surface area contributed by atoms with Gasteiger partial charge in [0.1, 0.15) is 28.6 Å². The quantitative estimate of drug-likeness (QED) is 0.415. The molecule has 7 nitrogen and oxygen atoms in total. The Morgan fingerprint density at radius 3 is 2.11 bits per heavy atom. The van der Waals surface area contributed by atoms with Crippen molar-refractivity contribution in [3.8, 4) is 22.6 Å². The second kappa shape index (κ2) is 10.7. The van der Waals surface area contributed by atoms with Gasteiger partial charge in [-0.25, -0.2) is 4.79 Å². The first-order valence-corrected chi connectivity index (χ1v) is 11.5. The Labute approximate surface area is 206 Å². The van der Waals surface area contributed by atoms with Crippen molar-refractivity contribution in [2.45, 2.75) is 52.2 Å². The monoisotopic (exact) mass is 479 g/mol. The number of carbonyl (C=O) groups excluding carboxylic acids is 2. The number of nitrogens with one attached hydrogen (secondary N) is 1. The minimum absolute atomic E-state index is 0.104. The highest BCUT2D eigenvalue weighted by Gasteiger charge is 2.31. The standard InChI is InChI=1S/C28H33NO6/c1-17(2)34-24-13-11-19(16-21(24)26(30)33-7)18-10-12-23(32-6)20(15-18)25(22-9-8-14-29-22)27(31)35-28(3,4)5/h8-17,25,29H,1-7H3. The predicted octanol–water partition coefficient (Wildman–Crippen LogP) is 5.74. The van der Waals surface area contributed by atoms with Gasteiger partial charge in [0.15, 0.2) is 0 Å². The van der Waals surface area contributed by atoms with Gasteiger partial charge in [0.2, 0.25) is 0 Å². The lowest BCUT2D eigenvalue weighted by molar-refractivity contribution is -0.155. The van der Waals surface area contributed by atoms with Crippen molar-refractivity contribution >= 4 is 11.9 Å². The van der Waals surface area contributed by atoms with Crippen molar-refractivity contribution in [2.75, 3.05) is 14.2 Å². The second-order valence-corrected chi connectivity index (χ2v) is 9.42. The summed E-state index contributed by atoms with van der Waals surface area (Å²) in [5.74, 6) is -0.627. The van der Waals surface area contributed by atoms with E-state index in [0.717, 1.165) is 11.1 Å². The molecule has 35 heavy (non-hydrogen) atoms. The van der Waals surface area contributed by atoms with E-state index < -0.39 is 23.5 Å². The van der Waals surface area contributed by atoms with Crippen LogP contribution in [0, 0.1) is 0 Å². The summed E-state index contributed by atoms with van der Waals surface area (Å²) in [6.07, 6.45) is 1.66. The van der Waals surface area contributed by atoms with Gasteiger partial charge in [-0.1, -0.05) is 12.1 Å². The number of H-pyrrole nitrogens is 1. The van der Waals surface area contributed by atoms with E-state index in [1.807, 2.05) is 65.0 Å². The first-order valence-electron chi connectivity index (χ1n) is 11.5. The van der Waals surface area contributed by atoms with Gasteiger partial charge in [0, 0.05) is 17.5 Å². The van der Waals surface area contributed by atoms with Crippen molar-refractivity contribution < 1.29 is 28.5 Å². The summed E-state index contributed by atoms with van der Waals surface area (Å²) < 4.78 is 22.1. The van der Waals surface area contributed by atoms with Gasteiger partial charge in [0.05, 0.1) is 20.3 Å². The van der Waals surface area contributed by atoms with Crippen LogP contribution >= 0.6 is 0 Å². The number of ether oxygens (including phenoxy) is 4. The van der Waals surface area contributed by atoms with E-state index in [-0.39, 0.29) is 6.10 Å². The summed E-state index contributed by atoms with van der Waals surface area (Å²) in [5.41, 5.74) is 2.55. The molecule has 7 heteroatoms. The molecule has 0 radical (unpaired) electrons. The first-order chi connectivity index (χ1) is 16.5. The van der Waals surface area contributed by atoms with Gasteiger partial charge in [-0.3, -0.25) is 4.79 Å². The van der Waals surface area contributed by atoms with Crippen LogP contribution in [0.3, 0.4) is 0 Å². The number of hydrogen-bond donors (Lipinski definition) is 1. The largest absolute Gasteiger partial charge is 0.496 e. The lowest BCUT2D eigenvalue weighted by Gasteiger charge is -2.25. The SMILES string of the molecule is COC(=O)c1cc(-c2ccc(OC)c(C(C(=O)OC(C)(C)C)c3ccc[nH]3)c2)ccc1OC(C)C. The number of rotatable bonds is 8. The fraction of sp³-hybridized carbons (Fsp3) is 0.357. The third kappa shape index (κ3) is 6.23. The fourth-order valence-corrected chi connectivity index (χ4v) is 3.78. The zero-order chi connectivity index (χ0) is 25.8. The summed E-state index contributed by atoms with van der Waals surface area (Å²) in [7, 11) is 2.90. The number of methoxy groups -OCH3 is 2. The van der Waals surface area contributed by atoms with Crippen LogP contribution in [0.15, 0.2) is 54.7 Å². The molecule has 0 aliphatic rings. The first kappa shape index (κ1) is 25.9. The van der Waals surface area contributed by atoms with E-state index in [2.05, 4.69) is 4.98 Å². The minimum atomic E-state index is -0.734. The Hall–Kier alpha value is -3.74. The lowest BCUT2D eigenvalue weighted by Crippen LogP contribution is -2.28. The molecule has 0 aliphatic carbocycles. The molecular formula is C28H33NO6. The molecule has 2 aromatic carbocycles. The molecule has 0 bridgehead atoms. The van der Waals surface area contributed by atoms with Crippen LogP contribution in [0.25, 0.3) is 11.1 Å². The van der Waals surface area contributed by atoms with Gasteiger partial charge in [-0.15, -0.1) is 0 Å². The highest BCUT2D eigenvalue weighted by atomic mass is 16.6. The van der Waals surface area contributed by atoms with Gasteiger partial charge < -0.3 is 23.9 Å². The molecule has 1 aromatic heterocycles. The maximum atomic E-state index is 13.3. The van der Waals surface area contributed by atoms with E-state index in [4.69, 9.17) is 18.9 Å². The van der Waals surface area contributed by atoms with Crippen LogP contribution in [0.5, 0.6) is 11.5 Å². The van der Waals surface area contributed by atoms with Crippen LogP contribution in [0.1, 0.15) is 62.2 Å².